The van der Waals surface area contributed by atoms with Crippen LogP contribution in [0.4, 0.5) is 5.69 Å². The zero-order valence-corrected chi connectivity index (χ0v) is 14.1. The van der Waals surface area contributed by atoms with Crippen molar-refractivity contribution in [2.24, 2.45) is 0 Å². The number of hydrogen-bond donors (Lipinski definition) is 1. The third kappa shape index (κ3) is 2.83. The fraction of sp³-hybridized carbons (Fsp3) is 0.0909. The second-order valence-corrected chi connectivity index (χ2v) is 6.62. The molecule has 0 saturated heterocycles. The smallest absolute Gasteiger partial charge is 0.0409 e. The Morgan fingerprint density at radius 1 is 0.792 bits per heavy atom. The molecule has 0 atom stereocenters. The molecule has 0 aliphatic heterocycles. The highest BCUT2D eigenvalue weighted by atomic mass is 35.5. The van der Waals surface area contributed by atoms with Crippen LogP contribution < -0.4 is 5.73 Å². The molecule has 0 saturated carbocycles. The molecule has 0 bridgehead atoms. The zero-order valence-electron chi connectivity index (χ0n) is 13.3. The van der Waals surface area contributed by atoms with Gasteiger partial charge in [0.2, 0.25) is 0 Å². The van der Waals surface area contributed by atoms with E-state index in [0.717, 1.165) is 29.1 Å². The molecule has 2 N–H and O–H groups in total. The molecule has 1 aliphatic carbocycles. The Morgan fingerprint density at radius 3 is 2.33 bits per heavy atom. The number of hydrogen-bond acceptors (Lipinski definition) is 1. The largest absolute Gasteiger partial charge is 0.399 e. The molecule has 1 aliphatic rings. The Hall–Kier alpha value is -2.51. The van der Waals surface area contributed by atoms with Crippen molar-refractivity contribution in [3.05, 3.63) is 99.6 Å². The van der Waals surface area contributed by atoms with Crippen LogP contribution in [0.5, 0.6) is 0 Å². The highest BCUT2D eigenvalue weighted by Crippen LogP contribution is 2.36. The number of aryl methyl sites for hydroxylation is 2. The van der Waals surface area contributed by atoms with Gasteiger partial charge in [-0.1, -0.05) is 54.1 Å². The van der Waals surface area contributed by atoms with Gasteiger partial charge in [0, 0.05) is 10.7 Å². The first-order valence-electron chi connectivity index (χ1n) is 8.15. The molecule has 0 heterocycles. The predicted molar refractivity (Wildman–Crippen MR) is 103 cm³/mol. The van der Waals surface area contributed by atoms with E-state index in [0.29, 0.717) is 0 Å². The number of halogens is 1. The lowest BCUT2D eigenvalue weighted by molar-refractivity contribution is 0.965. The molecule has 0 spiro atoms. The molecule has 24 heavy (non-hydrogen) atoms. The van der Waals surface area contributed by atoms with Crippen molar-refractivity contribution >= 4 is 28.9 Å². The number of fused-ring (bicyclic) bond motifs is 2. The van der Waals surface area contributed by atoms with E-state index in [1.54, 1.807) is 0 Å². The van der Waals surface area contributed by atoms with Crippen molar-refractivity contribution < 1.29 is 0 Å². The molecule has 0 aromatic heterocycles. The topological polar surface area (TPSA) is 26.0 Å². The maximum absolute atomic E-state index is 6.23. The van der Waals surface area contributed by atoms with Crippen molar-refractivity contribution in [2.45, 2.75) is 12.8 Å². The van der Waals surface area contributed by atoms with E-state index in [-0.39, 0.29) is 0 Å². The van der Waals surface area contributed by atoms with Gasteiger partial charge in [0.05, 0.1) is 0 Å². The Morgan fingerprint density at radius 2 is 1.50 bits per heavy atom. The molecule has 4 rings (SSSR count). The van der Waals surface area contributed by atoms with Gasteiger partial charge in [0.1, 0.15) is 0 Å². The average Bonchev–Trinajstić information content (AvgIpc) is 2.74. The highest BCUT2D eigenvalue weighted by Gasteiger charge is 2.18. The molecule has 1 nitrogen and oxygen atoms in total. The minimum absolute atomic E-state index is 0.783. The summed E-state index contributed by atoms with van der Waals surface area (Å²) in [5.74, 6) is 0. The van der Waals surface area contributed by atoms with Gasteiger partial charge in [-0.3, -0.25) is 0 Å². The summed E-state index contributed by atoms with van der Waals surface area (Å²) >= 11 is 6.23. The Kier molecular flexibility index (Phi) is 3.87. The SMILES string of the molecule is Nc1ccc(C=C2c3ccccc3CCc3cc(Cl)ccc32)cc1. The van der Waals surface area contributed by atoms with E-state index in [2.05, 4.69) is 54.6 Å². The monoisotopic (exact) mass is 331 g/mol. The first-order valence-corrected chi connectivity index (χ1v) is 8.53. The lowest BCUT2D eigenvalue weighted by atomic mass is 9.92. The van der Waals surface area contributed by atoms with E-state index in [1.807, 2.05) is 18.2 Å². The first-order chi connectivity index (χ1) is 11.7. The van der Waals surface area contributed by atoms with E-state index >= 15 is 0 Å². The standard InChI is InChI=1S/C22H18ClN/c23-18-9-12-21-17(14-18)8-7-16-3-1-2-4-20(16)22(21)13-15-5-10-19(24)11-6-15/h1-6,9-14H,7-8,24H2. The average molecular weight is 332 g/mol. The molecule has 118 valence electrons. The fourth-order valence-electron chi connectivity index (χ4n) is 3.36. The Bertz CT molecular complexity index is 923. The Balaban J connectivity index is 1.95. The minimum atomic E-state index is 0.783. The van der Waals surface area contributed by atoms with Crippen LogP contribution in [-0.2, 0) is 12.8 Å². The van der Waals surface area contributed by atoms with Gasteiger partial charge in [0.25, 0.3) is 0 Å². The molecule has 3 aromatic carbocycles. The summed E-state index contributed by atoms with van der Waals surface area (Å²) in [6, 6.07) is 22.9. The molecular formula is C22H18ClN. The van der Waals surface area contributed by atoms with Crippen molar-refractivity contribution in [1.29, 1.82) is 0 Å². The molecule has 0 radical (unpaired) electrons. The van der Waals surface area contributed by atoms with Gasteiger partial charge in [0.15, 0.2) is 0 Å². The van der Waals surface area contributed by atoms with E-state index in [1.165, 1.54) is 27.8 Å². The second-order valence-electron chi connectivity index (χ2n) is 6.18. The van der Waals surface area contributed by atoms with Gasteiger partial charge in [-0.2, -0.15) is 0 Å². The predicted octanol–water partition coefficient (Wildman–Crippen LogP) is 5.61. The molecular weight excluding hydrogens is 314 g/mol. The summed E-state index contributed by atoms with van der Waals surface area (Å²) in [6.45, 7) is 0. The summed E-state index contributed by atoms with van der Waals surface area (Å²) < 4.78 is 0. The summed E-state index contributed by atoms with van der Waals surface area (Å²) in [5, 5.41) is 0.798. The van der Waals surface area contributed by atoms with Crippen LogP contribution in [0.25, 0.3) is 11.6 Å². The normalized spacial score (nSPS) is 14.8. The van der Waals surface area contributed by atoms with Gasteiger partial charge in [-0.05, 0) is 76.6 Å². The Labute approximate surface area is 147 Å². The maximum Gasteiger partial charge on any atom is 0.0409 e. The minimum Gasteiger partial charge on any atom is -0.399 e. The van der Waals surface area contributed by atoms with Crippen molar-refractivity contribution in [2.75, 3.05) is 5.73 Å². The van der Waals surface area contributed by atoms with Crippen molar-refractivity contribution in [1.82, 2.24) is 0 Å². The molecule has 0 fully saturated rings. The van der Waals surface area contributed by atoms with Crippen LogP contribution >= 0.6 is 11.6 Å². The van der Waals surface area contributed by atoms with Gasteiger partial charge in [-0.15, -0.1) is 0 Å². The highest BCUT2D eigenvalue weighted by molar-refractivity contribution is 6.30. The number of nitrogens with two attached hydrogens (primary N) is 1. The molecule has 3 aromatic rings. The van der Waals surface area contributed by atoms with Crippen LogP contribution in [0, 0.1) is 0 Å². The second kappa shape index (κ2) is 6.18. The van der Waals surface area contributed by atoms with Gasteiger partial charge < -0.3 is 5.73 Å². The van der Waals surface area contributed by atoms with Crippen LogP contribution in [0.1, 0.15) is 27.8 Å². The van der Waals surface area contributed by atoms with Crippen molar-refractivity contribution in [3.63, 3.8) is 0 Å². The number of anilines is 1. The molecule has 2 heteroatoms. The van der Waals surface area contributed by atoms with Crippen LogP contribution in [0.15, 0.2) is 66.7 Å². The molecule has 0 unspecified atom stereocenters. The van der Waals surface area contributed by atoms with E-state index < -0.39 is 0 Å². The lowest BCUT2D eigenvalue weighted by Gasteiger charge is -2.12. The van der Waals surface area contributed by atoms with E-state index in [4.69, 9.17) is 17.3 Å². The summed E-state index contributed by atoms with van der Waals surface area (Å²) in [7, 11) is 0. The molecule has 0 amide bonds. The van der Waals surface area contributed by atoms with Crippen LogP contribution in [0.3, 0.4) is 0 Å². The summed E-state index contributed by atoms with van der Waals surface area (Å²) in [6.07, 6.45) is 4.28. The summed E-state index contributed by atoms with van der Waals surface area (Å²) in [4.78, 5) is 0. The van der Waals surface area contributed by atoms with E-state index in [9.17, 15) is 0 Å². The summed E-state index contributed by atoms with van der Waals surface area (Å²) in [5.41, 5.74) is 14.3. The zero-order chi connectivity index (χ0) is 16.5. The maximum atomic E-state index is 6.23. The van der Waals surface area contributed by atoms with Crippen LogP contribution in [0.2, 0.25) is 5.02 Å². The number of rotatable bonds is 1. The van der Waals surface area contributed by atoms with Crippen molar-refractivity contribution in [3.8, 4) is 0 Å². The quantitative estimate of drug-likeness (QED) is 0.576. The third-order valence-corrected chi connectivity index (χ3v) is 4.81. The third-order valence-electron chi connectivity index (χ3n) is 4.58. The fourth-order valence-corrected chi connectivity index (χ4v) is 3.56. The van der Waals surface area contributed by atoms with Gasteiger partial charge >= 0.3 is 0 Å². The number of benzene rings is 3. The lowest BCUT2D eigenvalue weighted by Crippen LogP contribution is -1.92. The first kappa shape index (κ1) is 15.0. The van der Waals surface area contributed by atoms with Crippen LogP contribution in [-0.4, -0.2) is 0 Å². The number of nitrogen functional groups attached to an aromatic ring is 1. The van der Waals surface area contributed by atoms with Gasteiger partial charge in [-0.25, -0.2) is 0 Å².